The molecule has 2 fully saturated rings. The SMILES string of the molecule is O=C(Nc1nc(CC(=O)N2CCN(C3CCCCC3)CC2)cs1)c1ccsc1. The van der Waals surface area contributed by atoms with Crippen LogP contribution in [0.4, 0.5) is 5.13 Å². The van der Waals surface area contributed by atoms with Crippen LogP contribution in [0.2, 0.25) is 0 Å². The molecule has 0 unspecified atom stereocenters. The van der Waals surface area contributed by atoms with Gasteiger partial charge in [0.05, 0.1) is 17.7 Å². The predicted molar refractivity (Wildman–Crippen MR) is 113 cm³/mol. The number of anilines is 1. The molecule has 1 N–H and O–H groups in total. The molecule has 2 amide bonds. The van der Waals surface area contributed by atoms with Gasteiger partial charge in [0.15, 0.2) is 5.13 Å². The summed E-state index contributed by atoms with van der Waals surface area (Å²) in [6, 6.07) is 2.50. The molecule has 1 aliphatic carbocycles. The van der Waals surface area contributed by atoms with Crippen LogP contribution in [-0.2, 0) is 11.2 Å². The minimum atomic E-state index is -0.160. The first-order chi connectivity index (χ1) is 13.7. The number of hydrogen-bond acceptors (Lipinski definition) is 6. The van der Waals surface area contributed by atoms with Crippen molar-refractivity contribution in [2.75, 3.05) is 31.5 Å². The minimum Gasteiger partial charge on any atom is -0.340 e. The molecule has 8 heteroatoms. The summed E-state index contributed by atoms with van der Waals surface area (Å²) >= 11 is 2.85. The van der Waals surface area contributed by atoms with Crippen molar-refractivity contribution in [2.45, 2.75) is 44.6 Å². The van der Waals surface area contributed by atoms with Crippen LogP contribution >= 0.6 is 22.7 Å². The fourth-order valence-corrected chi connectivity index (χ4v) is 5.40. The van der Waals surface area contributed by atoms with E-state index in [0.717, 1.165) is 37.9 Å². The number of thiophene rings is 1. The van der Waals surface area contributed by atoms with E-state index in [1.165, 1.54) is 54.8 Å². The number of carbonyl (C=O) groups excluding carboxylic acids is 2. The fraction of sp³-hybridized carbons (Fsp3) is 0.550. The lowest BCUT2D eigenvalue weighted by atomic mass is 9.94. The van der Waals surface area contributed by atoms with Crippen LogP contribution in [0.15, 0.2) is 22.2 Å². The van der Waals surface area contributed by atoms with Gasteiger partial charge in [-0.25, -0.2) is 4.98 Å². The maximum atomic E-state index is 12.7. The van der Waals surface area contributed by atoms with Gasteiger partial charge < -0.3 is 4.90 Å². The maximum absolute atomic E-state index is 12.7. The minimum absolute atomic E-state index is 0.129. The number of carbonyl (C=O) groups is 2. The number of nitrogens with zero attached hydrogens (tertiary/aromatic N) is 3. The standard InChI is InChI=1S/C20H26N4O2S2/c25-18(24-9-7-23(8-10-24)17-4-2-1-3-5-17)12-16-14-28-20(21-16)22-19(26)15-6-11-27-13-15/h6,11,13-14,17H,1-5,7-10,12H2,(H,21,22,26). The van der Waals surface area contributed by atoms with Gasteiger partial charge in [-0.2, -0.15) is 11.3 Å². The van der Waals surface area contributed by atoms with E-state index in [1.54, 1.807) is 11.4 Å². The molecular weight excluding hydrogens is 392 g/mol. The summed E-state index contributed by atoms with van der Waals surface area (Å²) < 4.78 is 0. The van der Waals surface area contributed by atoms with Crippen LogP contribution < -0.4 is 5.32 Å². The molecule has 2 aromatic heterocycles. The highest BCUT2D eigenvalue weighted by molar-refractivity contribution is 7.14. The first kappa shape index (κ1) is 19.5. The first-order valence-electron chi connectivity index (χ1n) is 9.99. The van der Waals surface area contributed by atoms with Gasteiger partial charge in [0.2, 0.25) is 5.91 Å². The Hall–Kier alpha value is -1.77. The van der Waals surface area contributed by atoms with E-state index in [1.807, 2.05) is 15.7 Å². The molecule has 0 bridgehead atoms. The molecule has 0 aromatic carbocycles. The fourth-order valence-electron chi connectivity index (χ4n) is 4.06. The molecule has 0 radical (unpaired) electrons. The lowest BCUT2D eigenvalue weighted by Crippen LogP contribution is -2.52. The van der Waals surface area contributed by atoms with E-state index in [-0.39, 0.29) is 11.8 Å². The first-order valence-corrected chi connectivity index (χ1v) is 11.8. The zero-order chi connectivity index (χ0) is 19.3. The monoisotopic (exact) mass is 418 g/mol. The Bertz CT molecular complexity index is 791. The van der Waals surface area contributed by atoms with Gasteiger partial charge in [-0.3, -0.25) is 19.8 Å². The molecule has 0 atom stereocenters. The third-order valence-corrected chi connectivity index (χ3v) is 7.14. The summed E-state index contributed by atoms with van der Waals surface area (Å²) in [5, 5.41) is 8.88. The van der Waals surface area contributed by atoms with Gasteiger partial charge in [-0.15, -0.1) is 11.3 Å². The van der Waals surface area contributed by atoms with Gasteiger partial charge in [0.1, 0.15) is 0 Å². The molecule has 2 aromatic rings. The van der Waals surface area contributed by atoms with Crippen molar-refractivity contribution >= 4 is 39.6 Å². The Morgan fingerprint density at radius 3 is 2.61 bits per heavy atom. The summed E-state index contributed by atoms with van der Waals surface area (Å²) in [4.78, 5) is 33.7. The molecule has 4 rings (SSSR count). The predicted octanol–water partition coefficient (Wildman–Crippen LogP) is 3.48. The van der Waals surface area contributed by atoms with E-state index in [9.17, 15) is 9.59 Å². The number of hydrogen-bond donors (Lipinski definition) is 1. The van der Waals surface area contributed by atoms with E-state index >= 15 is 0 Å². The number of rotatable bonds is 5. The second kappa shape index (κ2) is 9.15. The van der Waals surface area contributed by atoms with E-state index < -0.39 is 0 Å². The molecule has 28 heavy (non-hydrogen) atoms. The average molecular weight is 419 g/mol. The number of aromatic nitrogens is 1. The van der Waals surface area contributed by atoms with Crippen molar-refractivity contribution in [3.05, 3.63) is 33.5 Å². The van der Waals surface area contributed by atoms with Crippen LogP contribution in [0.3, 0.4) is 0 Å². The third-order valence-electron chi connectivity index (χ3n) is 5.65. The van der Waals surface area contributed by atoms with Crippen LogP contribution in [0.1, 0.15) is 48.2 Å². The average Bonchev–Trinajstić information content (AvgIpc) is 3.41. The van der Waals surface area contributed by atoms with Gasteiger partial charge in [0.25, 0.3) is 5.91 Å². The molecule has 1 aliphatic heterocycles. The Morgan fingerprint density at radius 2 is 1.89 bits per heavy atom. The van der Waals surface area contributed by atoms with Crippen molar-refractivity contribution in [2.24, 2.45) is 0 Å². The number of nitrogens with one attached hydrogen (secondary N) is 1. The lowest BCUT2D eigenvalue weighted by molar-refractivity contribution is -0.132. The van der Waals surface area contributed by atoms with Crippen molar-refractivity contribution in [3.8, 4) is 0 Å². The van der Waals surface area contributed by atoms with Crippen molar-refractivity contribution in [1.82, 2.24) is 14.8 Å². The van der Waals surface area contributed by atoms with E-state index in [0.29, 0.717) is 17.1 Å². The highest BCUT2D eigenvalue weighted by atomic mass is 32.1. The molecular formula is C20H26N4O2S2. The van der Waals surface area contributed by atoms with Gasteiger partial charge in [-0.1, -0.05) is 19.3 Å². The maximum Gasteiger partial charge on any atom is 0.258 e. The number of thiazole rings is 1. The zero-order valence-corrected chi connectivity index (χ0v) is 17.6. The molecule has 1 saturated heterocycles. The number of amides is 2. The smallest absolute Gasteiger partial charge is 0.258 e. The highest BCUT2D eigenvalue weighted by Gasteiger charge is 2.27. The largest absolute Gasteiger partial charge is 0.340 e. The topological polar surface area (TPSA) is 65.5 Å². The van der Waals surface area contributed by atoms with Crippen LogP contribution in [0.5, 0.6) is 0 Å². The van der Waals surface area contributed by atoms with Crippen LogP contribution in [0.25, 0.3) is 0 Å². The summed E-state index contributed by atoms with van der Waals surface area (Å²) in [7, 11) is 0. The molecule has 1 saturated carbocycles. The highest BCUT2D eigenvalue weighted by Crippen LogP contribution is 2.24. The van der Waals surface area contributed by atoms with Gasteiger partial charge >= 0.3 is 0 Å². The molecule has 0 spiro atoms. The molecule has 150 valence electrons. The normalized spacial score (nSPS) is 18.9. The van der Waals surface area contributed by atoms with Crippen molar-refractivity contribution < 1.29 is 9.59 Å². The third kappa shape index (κ3) is 4.79. The Balaban J connectivity index is 1.25. The molecule has 2 aliphatic rings. The van der Waals surface area contributed by atoms with Gasteiger partial charge in [0, 0.05) is 43.0 Å². The quantitative estimate of drug-likeness (QED) is 0.807. The van der Waals surface area contributed by atoms with E-state index in [4.69, 9.17) is 0 Å². The Labute approximate surface area is 173 Å². The second-order valence-electron chi connectivity index (χ2n) is 7.50. The molecule has 6 nitrogen and oxygen atoms in total. The second-order valence-corrected chi connectivity index (χ2v) is 9.13. The van der Waals surface area contributed by atoms with Crippen molar-refractivity contribution in [1.29, 1.82) is 0 Å². The molecule has 3 heterocycles. The number of piperazine rings is 1. The Morgan fingerprint density at radius 1 is 1.11 bits per heavy atom. The lowest BCUT2D eigenvalue weighted by Gasteiger charge is -2.40. The summed E-state index contributed by atoms with van der Waals surface area (Å²) in [6.07, 6.45) is 6.99. The van der Waals surface area contributed by atoms with Crippen LogP contribution in [0, 0.1) is 0 Å². The summed E-state index contributed by atoms with van der Waals surface area (Å²) in [6.45, 7) is 3.58. The van der Waals surface area contributed by atoms with E-state index in [2.05, 4.69) is 15.2 Å². The zero-order valence-electron chi connectivity index (χ0n) is 15.9. The Kier molecular flexibility index (Phi) is 6.39. The summed E-state index contributed by atoms with van der Waals surface area (Å²) in [5.41, 5.74) is 1.36. The van der Waals surface area contributed by atoms with Crippen LogP contribution in [-0.4, -0.2) is 58.8 Å². The van der Waals surface area contributed by atoms with Gasteiger partial charge in [-0.05, 0) is 24.3 Å². The van der Waals surface area contributed by atoms with Crippen molar-refractivity contribution in [3.63, 3.8) is 0 Å². The summed E-state index contributed by atoms with van der Waals surface area (Å²) in [5.74, 6) is -0.0309.